The number of hydrogen-bond acceptors (Lipinski definition) is 3. The number of ketones is 1. The third-order valence-electron chi connectivity index (χ3n) is 2.97. The molecular formula is C12H15NO2. The second kappa shape index (κ2) is 4.53. The summed E-state index contributed by atoms with van der Waals surface area (Å²) in [5.74, 6) is -0.0620. The van der Waals surface area contributed by atoms with Gasteiger partial charge in [0.25, 0.3) is 0 Å². The van der Waals surface area contributed by atoms with E-state index < -0.39 is 6.10 Å². The van der Waals surface area contributed by atoms with Gasteiger partial charge in [-0.25, -0.2) is 0 Å². The SMILES string of the molecule is O=C1CCCCC1C(O)c1ccccn1. The monoisotopic (exact) mass is 205 g/mol. The van der Waals surface area contributed by atoms with Crippen molar-refractivity contribution < 1.29 is 9.90 Å². The molecule has 80 valence electrons. The fraction of sp³-hybridized carbons (Fsp3) is 0.500. The lowest BCUT2D eigenvalue weighted by molar-refractivity contribution is -0.128. The normalized spacial score (nSPS) is 23.8. The van der Waals surface area contributed by atoms with Crippen molar-refractivity contribution in [1.29, 1.82) is 0 Å². The Bertz CT molecular complexity index is 337. The number of carbonyl (C=O) groups is 1. The lowest BCUT2D eigenvalue weighted by atomic mass is 9.83. The highest BCUT2D eigenvalue weighted by Gasteiger charge is 2.30. The molecule has 1 fully saturated rings. The quantitative estimate of drug-likeness (QED) is 0.802. The second-order valence-electron chi connectivity index (χ2n) is 4.02. The molecule has 0 saturated heterocycles. The summed E-state index contributed by atoms with van der Waals surface area (Å²) in [4.78, 5) is 15.7. The van der Waals surface area contributed by atoms with Crippen LogP contribution in [-0.4, -0.2) is 15.9 Å². The van der Waals surface area contributed by atoms with E-state index in [1.54, 1.807) is 18.3 Å². The molecule has 0 bridgehead atoms. The molecule has 2 unspecified atom stereocenters. The van der Waals surface area contributed by atoms with E-state index >= 15 is 0 Å². The first-order chi connectivity index (χ1) is 7.29. The van der Waals surface area contributed by atoms with E-state index in [4.69, 9.17) is 0 Å². The number of aliphatic hydroxyl groups excluding tert-OH is 1. The van der Waals surface area contributed by atoms with Crippen LogP contribution in [0.5, 0.6) is 0 Å². The molecule has 15 heavy (non-hydrogen) atoms. The Morgan fingerprint density at radius 2 is 2.27 bits per heavy atom. The van der Waals surface area contributed by atoms with E-state index in [1.807, 2.05) is 6.07 Å². The highest BCUT2D eigenvalue weighted by atomic mass is 16.3. The topological polar surface area (TPSA) is 50.2 Å². The molecule has 1 N–H and O–H groups in total. The van der Waals surface area contributed by atoms with Crippen LogP contribution in [0.2, 0.25) is 0 Å². The van der Waals surface area contributed by atoms with E-state index in [0.717, 1.165) is 19.3 Å². The zero-order valence-corrected chi connectivity index (χ0v) is 8.60. The van der Waals surface area contributed by atoms with Crippen LogP contribution in [-0.2, 0) is 4.79 Å². The summed E-state index contributed by atoms with van der Waals surface area (Å²) in [6.07, 6.45) is 4.31. The van der Waals surface area contributed by atoms with Crippen molar-refractivity contribution in [3.8, 4) is 0 Å². The van der Waals surface area contributed by atoms with Gasteiger partial charge in [-0.1, -0.05) is 12.5 Å². The predicted octanol–water partition coefficient (Wildman–Crippen LogP) is 1.87. The third kappa shape index (κ3) is 2.23. The molecule has 0 aromatic carbocycles. The number of rotatable bonds is 2. The summed E-state index contributed by atoms with van der Waals surface area (Å²) in [6, 6.07) is 5.41. The van der Waals surface area contributed by atoms with Crippen LogP contribution < -0.4 is 0 Å². The van der Waals surface area contributed by atoms with Crippen molar-refractivity contribution in [2.45, 2.75) is 31.8 Å². The summed E-state index contributed by atoms with van der Waals surface area (Å²) in [5.41, 5.74) is 0.609. The van der Waals surface area contributed by atoms with Crippen molar-refractivity contribution in [3.63, 3.8) is 0 Å². The fourth-order valence-electron chi connectivity index (χ4n) is 2.10. The van der Waals surface area contributed by atoms with Crippen molar-refractivity contribution in [1.82, 2.24) is 4.98 Å². The highest BCUT2D eigenvalue weighted by molar-refractivity contribution is 5.82. The van der Waals surface area contributed by atoms with E-state index in [-0.39, 0.29) is 11.7 Å². The number of hydrogen-bond donors (Lipinski definition) is 1. The molecule has 1 aliphatic carbocycles. The van der Waals surface area contributed by atoms with Gasteiger partial charge in [-0.3, -0.25) is 9.78 Å². The molecule has 1 aromatic heterocycles. The lowest BCUT2D eigenvalue weighted by Gasteiger charge is -2.24. The van der Waals surface area contributed by atoms with Crippen molar-refractivity contribution in [3.05, 3.63) is 30.1 Å². The first kappa shape index (κ1) is 10.3. The molecule has 1 aliphatic rings. The second-order valence-corrected chi connectivity index (χ2v) is 4.02. The molecular weight excluding hydrogens is 190 g/mol. The van der Waals surface area contributed by atoms with Crippen LogP contribution in [0, 0.1) is 5.92 Å². The summed E-state index contributed by atoms with van der Waals surface area (Å²) < 4.78 is 0. The number of Topliss-reactive ketones (excluding diaryl/α,β-unsaturated/α-hetero) is 1. The zero-order chi connectivity index (χ0) is 10.7. The molecule has 3 heteroatoms. The van der Waals surface area contributed by atoms with Gasteiger partial charge < -0.3 is 5.11 Å². The van der Waals surface area contributed by atoms with Gasteiger partial charge in [0, 0.05) is 18.5 Å². The summed E-state index contributed by atoms with van der Waals surface area (Å²) >= 11 is 0. The van der Waals surface area contributed by atoms with E-state index in [2.05, 4.69) is 4.98 Å². The first-order valence-electron chi connectivity index (χ1n) is 5.41. The molecule has 3 nitrogen and oxygen atoms in total. The van der Waals surface area contributed by atoms with Crippen LogP contribution in [0.25, 0.3) is 0 Å². The summed E-state index contributed by atoms with van der Waals surface area (Å²) in [6.45, 7) is 0. The Balaban J connectivity index is 2.13. The predicted molar refractivity (Wildman–Crippen MR) is 56.2 cm³/mol. The van der Waals surface area contributed by atoms with Gasteiger partial charge in [0.1, 0.15) is 11.9 Å². The Morgan fingerprint density at radius 3 is 2.93 bits per heavy atom. The van der Waals surface area contributed by atoms with Crippen molar-refractivity contribution in [2.75, 3.05) is 0 Å². The van der Waals surface area contributed by atoms with Crippen LogP contribution in [0.4, 0.5) is 0 Å². The molecule has 0 aliphatic heterocycles. The van der Waals surface area contributed by atoms with Crippen LogP contribution in [0.3, 0.4) is 0 Å². The van der Waals surface area contributed by atoms with Crippen molar-refractivity contribution in [2.24, 2.45) is 5.92 Å². The molecule has 0 amide bonds. The standard InChI is InChI=1S/C12H15NO2/c14-11-7-2-1-5-9(11)12(15)10-6-3-4-8-13-10/h3-4,6,8-9,12,15H,1-2,5,7H2. The minimum absolute atomic E-state index is 0.180. The smallest absolute Gasteiger partial charge is 0.138 e. The maximum Gasteiger partial charge on any atom is 0.138 e. The number of aliphatic hydroxyl groups is 1. The summed E-state index contributed by atoms with van der Waals surface area (Å²) in [5, 5.41) is 10.0. The Hall–Kier alpha value is -1.22. The largest absolute Gasteiger partial charge is 0.386 e. The molecule has 0 radical (unpaired) electrons. The van der Waals surface area contributed by atoms with Gasteiger partial charge in [-0.2, -0.15) is 0 Å². The maximum absolute atomic E-state index is 11.6. The molecule has 1 aromatic rings. The number of pyridine rings is 1. The van der Waals surface area contributed by atoms with Gasteiger partial charge in [0.15, 0.2) is 0 Å². The number of carbonyl (C=O) groups excluding carboxylic acids is 1. The van der Waals surface area contributed by atoms with Gasteiger partial charge >= 0.3 is 0 Å². The third-order valence-corrected chi connectivity index (χ3v) is 2.97. The summed E-state index contributed by atoms with van der Waals surface area (Å²) in [7, 11) is 0. The van der Waals surface area contributed by atoms with Gasteiger partial charge in [-0.15, -0.1) is 0 Å². The van der Waals surface area contributed by atoms with Crippen LogP contribution >= 0.6 is 0 Å². The van der Waals surface area contributed by atoms with Crippen molar-refractivity contribution >= 4 is 5.78 Å². The zero-order valence-electron chi connectivity index (χ0n) is 8.60. The molecule has 1 heterocycles. The fourth-order valence-corrected chi connectivity index (χ4v) is 2.10. The van der Waals surface area contributed by atoms with Gasteiger partial charge in [0.05, 0.1) is 5.69 Å². The molecule has 2 rings (SSSR count). The van der Waals surface area contributed by atoms with Crippen LogP contribution in [0.15, 0.2) is 24.4 Å². The van der Waals surface area contributed by atoms with E-state index in [9.17, 15) is 9.90 Å². The van der Waals surface area contributed by atoms with Gasteiger partial charge in [-0.05, 0) is 25.0 Å². The lowest BCUT2D eigenvalue weighted by Crippen LogP contribution is -2.26. The van der Waals surface area contributed by atoms with Gasteiger partial charge in [0.2, 0.25) is 0 Å². The van der Waals surface area contributed by atoms with E-state index in [0.29, 0.717) is 12.1 Å². The Labute approximate surface area is 89.2 Å². The molecule has 0 spiro atoms. The first-order valence-corrected chi connectivity index (χ1v) is 5.41. The average Bonchev–Trinajstić information content (AvgIpc) is 2.30. The number of aromatic nitrogens is 1. The maximum atomic E-state index is 11.6. The Kier molecular flexibility index (Phi) is 3.11. The Morgan fingerprint density at radius 1 is 1.40 bits per heavy atom. The molecule has 1 saturated carbocycles. The van der Waals surface area contributed by atoms with Crippen LogP contribution in [0.1, 0.15) is 37.5 Å². The molecule has 2 atom stereocenters. The number of nitrogens with zero attached hydrogens (tertiary/aromatic N) is 1. The average molecular weight is 205 g/mol. The van der Waals surface area contributed by atoms with E-state index in [1.165, 1.54) is 0 Å². The minimum Gasteiger partial charge on any atom is -0.386 e. The highest BCUT2D eigenvalue weighted by Crippen LogP contribution is 2.30. The minimum atomic E-state index is -0.723.